The molecule has 1 fully saturated rings. The summed E-state index contributed by atoms with van der Waals surface area (Å²) in [5.74, 6) is 0.955. The van der Waals surface area contributed by atoms with E-state index < -0.39 is 0 Å². The Bertz CT molecular complexity index is 941. The van der Waals surface area contributed by atoms with Crippen LogP contribution >= 0.6 is 0 Å². The van der Waals surface area contributed by atoms with E-state index in [9.17, 15) is 4.79 Å². The molecule has 0 bridgehead atoms. The van der Waals surface area contributed by atoms with Gasteiger partial charge in [-0.25, -0.2) is 4.98 Å². The molecule has 0 radical (unpaired) electrons. The predicted molar refractivity (Wildman–Crippen MR) is 114 cm³/mol. The summed E-state index contributed by atoms with van der Waals surface area (Å²) >= 11 is 0. The Labute approximate surface area is 166 Å². The summed E-state index contributed by atoms with van der Waals surface area (Å²) in [5, 5.41) is 5.07. The molecular formula is C23H26N4O. The Morgan fingerprint density at radius 2 is 1.79 bits per heavy atom. The normalized spacial score (nSPS) is 15.0. The Morgan fingerprint density at radius 1 is 1.00 bits per heavy atom. The fourth-order valence-electron chi connectivity index (χ4n) is 3.70. The molecule has 4 rings (SSSR count). The third kappa shape index (κ3) is 3.99. The van der Waals surface area contributed by atoms with Crippen LogP contribution in [0.1, 0.15) is 22.8 Å². The van der Waals surface area contributed by atoms with Gasteiger partial charge in [0.15, 0.2) is 0 Å². The zero-order chi connectivity index (χ0) is 19.3. The molecule has 0 saturated carbocycles. The lowest BCUT2D eigenvalue weighted by atomic mass is 10.0. The quantitative estimate of drug-likeness (QED) is 0.744. The second-order valence-corrected chi connectivity index (χ2v) is 7.16. The van der Waals surface area contributed by atoms with E-state index in [4.69, 9.17) is 0 Å². The molecule has 5 heteroatoms. The first kappa shape index (κ1) is 18.4. The lowest BCUT2D eigenvalue weighted by molar-refractivity contribution is 0.0952. The summed E-state index contributed by atoms with van der Waals surface area (Å²) in [6.07, 6.45) is 1.87. The highest BCUT2D eigenvalue weighted by atomic mass is 16.1. The van der Waals surface area contributed by atoms with E-state index >= 15 is 0 Å². The minimum atomic E-state index is -0.0587. The predicted octanol–water partition coefficient (Wildman–Crippen LogP) is 3.31. The number of fused-ring (bicyclic) bond motifs is 1. The van der Waals surface area contributed by atoms with E-state index in [-0.39, 0.29) is 5.91 Å². The van der Waals surface area contributed by atoms with Gasteiger partial charge >= 0.3 is 0 Å². The summed E-state index contributed by atoms with van der Waals surface area (Å²) in [6, 6.07) is 17.9. The first-order chi connectivity index (χ1) is 13.7. The van der Waals surface area contributed by atoms with Crippen molar-refractivity contribution in [3.05, 3.63) is 71.9 Å². The highest BCUT2D eigenvalue weighted by molar-refractivity contribution is 6.06. The third-order valence-corrected chi connectivity index (χ3v) is 5.44. The van der Waals surface area contributed by atoms with E-state index in [1.165, 1.54) is 0 Å². The Kier molecular flexibility index (Phi) is 5.53. The largest absolute Gasteiger partial charge is 0.354 e. The van der Waals surface area contributed by atoms with Gasteiger partial charge in [-0.05, 0) is 35.0 Å². The van der Waals surface area contributed by atoms with Crippen LogP contribution in [0.2, 0.25) is 0 Å². The Morgan fingerprint density at radius 3 is 2.54 bits per heavy atom. The zero-order valence-corrected chi connectivity index (χ0v) is 16.3. The number of likely N-dealkylation sites (N-methyl/N-ethyl adjacent to an activating group) is 1. The standard InChI is InChI=1S/C23H26N4O/c1-2-26-12-14-27(15-13-26)22-11-10-18(16-24-22)17-25-23(28)21-9-5-7-19-6-3-4-8-20(19)21/h3-11,16H,2,12-15,17H2,1H3,(H,25,28). The van der Waals surface area contributed by atoms with Crippen LogP contribution < -0.4 is 10.2 Å². The van der Waals surface area contributed by atoms with Gasteiger partial charge in [0.05, 0.1) is 0 Å². The number of piperazine rings is 1. The van der Waals surface area contributed by atoms with Crippen LogP contribution in [0.25, 0.3) is 10.8 Å². The number of hydrogen-bond donors (Lipinski definition) is 1. The molecule has 1 aliphatic rings. The average Bonchev–Trinajstić information content (AvgIpc) is 2.77. The van der Waals surface area contributed by atoms with E-state index in [0.29, 0.717) is 12.1 Å². The molecule has 2 heterocycles. The van der Waals surface area contributed by atoms with Crippen molar-refractivity contribution in [2.45, 2.75) is 13.5 Å². The average molecular weight is 374 g/mol. The highest BCUT2D eigenvalue weighted by Gasteiger charge is 2.16. The zero-order valence-electron chi connectivity index (χ0n) is 16.3. The summed E-state index contributed by atoms with van der Waals surface area (Å²) in [5.41, 5.74) is 1.71. The van der Waals surface area contributed by atoms with Crippen molar-refractivity contribution in [1.82, 2.24) is 15.2 Å². The molecule has 1 amide bonds. The van der Waals surface area contributed by atoms with Gasteiger partial charge in [0, 0.05) is 44.5 Å². The fraction of sp³-hybridized carbons (Fsp3) is 0.304. The van der Waals surface area contributed by atoms with Crippen molar-refractivity contribution in [3.8, 4) is 0 Å². The molecule has 3 aromatic rings. The van der Waals surface area contributed by atoms with E-state index in [2.05, 4.69) is 39.2 Å². The molecule has 0 spiro atoms. The van der Waals surface area contributed by atoms with Crippen LogP contribution in [0.15, 0.2) is 60.8 Å². The van der Waals surface area contributed by atoms with Crippen molar-refractivity contribution in [2.24, 2.45) is 0 Å². The van der Waals surface area contributed by atoms with Gasteiger partial charge in [-0.2, -0.15) is 0 Å². The number of carbonyl (C=O) groups excluding carboxylic acids is 1. The van der Waals surface area contributed by atoms with E-state index in [0.717, 1.165) is 54.9 Å². The van der Waals surface area contributed by atoms with E-state index in [1.807, 2.05) is 48.7 Å². The maximum absolute atomic E-state index is 12.7. The molecule has 1 saturated heterocycles. The number of carbonyl (C=O) groups is 1. The minimum absolute atomic E-state index is 0.0587. The van der Waals surface area contributed by atoms with Crippen molar-refractivity contribution < 1.29 is 4.79 Å². The van der Waals surface area contributed by atoms with Crippen LogP contribution in [-0.4, -0.2) is 48.5 Å². The van der Waals surface area contributed by atoms with Gasteiger partial charge in [0.2, 0.25) is 0 Å². The lowest BCUT2D eigenvalue weighted by Gasteiger charge is -2.34. The number of nitrogens with one attached hydrogen (secondary N) is 1. The highest BCUT2D eigenvalue weighted by Crippen LogP contribution is 2.19. The van der Waals surface area contributed by atoms with Gasteiger partial charge < -0.3 is 15.1 Å². The second-order valence-electron chi connectivity index (χ2n) is 7.16. The molecule has 0 unspecified atom stereocenters. The Balaban J connectivity index is 1.38. The number of anilines is 1. The maximum atomic E-state index is 12.7. The lowest BCUT2D eigenvalue weighted by Crippen LogP contribution is -2.46. The number of hydrogen-bond acceptors (Lipinski definition) is 4. The molecule has 5 nitrogen and oxygen atoms in total. The van der Waals surface area contributed by atoms with Crippen molar-refractivity contribution in [3.63, 3.8) is 0 Å². The molecule has 1 N–H and O–H groups in total. The maximum Gasteiger partial charge on any atom is 0.252 e. The van der Waals surface area contributed by atoms with Crippen molar-refractivity contribution in [2.75, 3.05) is 37.6 Å². The molecule has 28 heavy (non-hydrogen) atoms. The second kappa shape index (κ2) is 8.40. The summed E-state index contributed by atoms with van der Waals surface area (Å²) in [6.45, 7) is 7.98. The number of amides is 1. The van der Waals surface area contributed by atoms with Crippen LogP contribution in [-0.2, 0) is 6.54 Å². The van der Waals surface area contributed by atoms with Gasteiger partial charge in [-0.15, -0.1) is 0 Å². The van der Waals surface area contributed by atoms with Crippen molar-refractivity contribution in [1.29, 1.82) is 0 Å². The molecular weight excluding hydrogens is 348 g/mol. The topological polar surface area (TPSA) is 48.5 Å². The number of benzene rings is 2. The monoisotopic (exact) mass is 374 g/mol. The first-order valence-electron chi connectivity index (χ1n) is 9.93. The Hall–Kier alpha value is -2.92. The number of pyridine rings is 1. The number of aromatic nitrogens is 1. The number of nitrogens with zero attached hydrogens (tertiary/aromatic N) is 3. The summed E-state index contributed by atoms with van der Waals surface area (Å²) < 4.78 is 0. The van der Waals surface area contributed by atoms with Crippen LogP contribution in [0.4, 0.5) is 5.82 Å². The SMILES string of the molecule is CCN1CCN(c2ccc(CNC(=O)c3cccc4ccccc34)cn2)CC1. The minimum Gasteiger partial charge on any atom is -0.354 e. The van der Waals surface area contributed by atoms with Crippen LogP contribution in [0.3, 0.4) is 0 Å². The molecule has 0 aliphatic carbocycles. The molecule has 2 aromatic carbocycles. The van der Waals surface area contributed by atoms with Crippen LogP contribution in [0.5, 0.6) is 0 Å². The molecule has 1 aliphatic heterocycles. The first-order valence-corrected chi connectivity index (χ1v) is 9.93. The van der Waals surface area contributed by atoms with Gasteiger partial charge in [-0.1, -0.05) is 49.4 Å². The molecule has 1 aromatic heterocycles. The van der Waals surface area contributed by atoms with Crippen molar-refractivity contribution >= 4 is 22.5 Å². The molecule has 0 atom stereocenters. The number of rotatable bonds is 5. The van der Waals surface area contributed by atoms with Gasteiger partial charge in [0.25, 0.3) is 5.91 Å². The van der Waals surface area contributed by atoms with Gasteiger partial charge in [-0.3, -0.25) is 4.79 Å². The smallest absolute Gasteiger partial charge is 0.252 e. The van der Waals surface area contributed by atoms with Gasteiger partial charge in [0.1, 0.15) is 5.82 Å². The van der Waals surface area contributed by atoms with E-state index in [1.54, 1.807) is 0 Å². The molecule has 144 valence electrons. The third-order valence-electron chi connectivity index (χ3n) is 5.44. The fourth-order valence-corrected chi connectivity index (χ4v) is 3.70. The summed E-state index contributed by atoms with van der Waals surface area (Å²) in [4.78, 5) is 22.0. The summed E-state index contributed by atoms with van der Waals surface area (Å²) in [7, 11) is 0. The van der Waals surface area contributed by atoms with Crippen LogP contribution in [0, 0.1) is 0 Å².